The van der Waals surface area contributed by atoms with Crippen molar-refractivity contribution < 1.29 is 14.6 Å². The molecule has 0 aliphatic heterocycles. The van der Waals surface area contributed by atoms with Gasteiger partial charge in [0.2, 0.25) is 0 Å². The first-order valence-corrected chi connectivity index (χ1v) is 10.1. The Morgan fingerprint density at radius 1 is 1.00 bits per heavy atom. The van der Waals surface area contributed by atoms with E-state index in [-0.39, 0.29) is 6.42 Å². The van der Waals surface area contributed by atoms with E-state index in [1.54, 1.807) is 0 Å². The maximum absolute atomic E-state index is 11.4. The summed E-state index contributed by atoms with van der Waals surface area (Å²) in [4.78, 5) is 11.4. The van der Waals surface area contributed by atoms with Crippen LogP contribution in [0.15, 0.2) is 78.4 Å². The van der Waals surface area contributed by atoms with Crippen LogP contribution in [0, 0.1) is 0 Å². The Hall–Kier alpha value is -3.30. The van der Waals surface area contributed by atoms with Crippen LogP contribution in [0.1, 0.15) is 35.6 Å². The minimum atomic E-state index is -0.851. The summed E-state index contributed by atoms with van der Waals surface area (Å²) < 4.78 is 5.86. The van der Waals surface area contributed by atoms with Gasteiger partial charge >= 0.3 is 5.97 Å². The van der Waals surface area contributed by atoms with Crippen LogP contribution in [-0.4, -0.2) is 11.1 Å². The molecule has 0 fully saturated rings. The standard InChI is InChI=1S/C26H21ClO3/c1-17-23(22-12-9-20(27)14-25(22)24(17)15-26(28)29)13-18-7-10-21(11-8-18)30-16-19-5-3-2-4-6-19/h2-14H,15-16H2,1H3,(H,28,29)/b23-13-. The first-order chi connectivity index (χ1) is 14.5. The van der Waals surface area contributed by atoms with Gasteiger partial charge in [-0.1, -0.05) is 60.1 Å². The van der Waals surface area contributed by atoms with Crippen molar-refractivity contribution in [1.82, 2.24) is 0 Å². The Kier molecular flexibility index (Phi) is 5.73. The van der Waals surface area contributed by atoms with Crippen molar-refractivity contribution in [3.8, 4) is 5.75 Å². The molecule has 0 saturated heterocycles. The fourth-order valence-corrected chi connectivity index (χ4v) is 3.87. The molecule has 0 bridgehead atoms. The molecule has 0 saturated carbocycles. The molecule has 0 radical (unpaired) electrons. The normalized spacial score (nSPS) is 14.1. The van der Waals surface area contributed by atoms with E-state index in [1.807, 2.05) is 79.7 Å². The molecule has 0 atom stereocenters. The van der Waals surface area contributed by atoms with Crippen LogP contribution in [-0.2, 0) is 11.4 Å². The third kappa shape index (κ3) is 4.32. The average Bonchev–Trinajstić information content (AvgIpc) is 2.99. The minimum absolute atomic E-state index is 0.0250. The van der Waals surface area contributed by atoms with Gasteiger partial charge in [0.1, 0.15) is 12.4 Å². The number of hydrogen-bond donors (Lipinski definition) is 1. The number of aliphatic carboxylic acids is 1. The zero-order chi connectivity index (χ0) is 21.1. The van der Waals surface area contributed by atoms with Gasteiger partial charge < -0.3 is 9.84 Å². The molecule has 0 unspecified atom stereocenters. The lowest BCUT2D eigenvalue weighted by Gasteiger charge is -2.08. The molecular weight excluding hydrogens is 396 g/mol. The fraction of sp³-hybridized carbons (Fsp3) is 0.115. The molecule has 0 heterocycles. The van der Waals surface area contributed by atoms with Crippen LogP contribution in [0.2, 0.25) is 5.02 Å². The van der Waals surface area contributed by atoms with Gasteiger partial charge in [0.05, 0.1) is 6.42 Å². The van der Waals surface area contributed by atoms with Crippen molar-refractivity contribution in [1.29, 1.82) is 0 Å². The summed E-state index contributed by atoms with van der Waals surface area (Å²) in [5.74, 6) is -0.0464. The quantitative estimate of drug-likeness (QED) is 0.485. The number of carboxylic acid groups (broad SMARTS) is 1. The van der Waals surface area contributed by atoms with Crippen molar-refractivity contribution in [3.05, 3.63) is 106 Å². The van der Waals surface area contributed by atoms with Gasteiger partial charge in [0.15, 0.2) is 0 Å². The van der Waals surface area contributed by atoms with Crippen molar-refractivity contribution in [3.63, 3.8) is 0 Å². The van der Waals surface area contributed by atoms with Crippen molar-refractivity contribution >= 4 is 34.8 Å². The highest BCUT2D eigenvalue weighted by Crippen LogP contribution is 2.44. The summed E-state index contributed by atoms with van der Waals surface area (Å²) in [6.45, 7) is 2.49. The number of ether oxygens (including phenoxy) is 1. The maximum Gasteiger partial charge on any atom is 0.307 e. The zero-order valence-electron chi connectivity index (χ0n) is 16.6. The van der Waals surface area contributed by atoms with E-state index in [9.17, 15) is 9.90 Å². The van der Waals surface area contributed by atoms with Crippen LogP contribution in [0.4, 0.5) is 0 Å². The average molecular weight is 417 g/mol. The van der Waals surface area contributed by atoms with E-state index in [0.717, 1.165) is 44.7 Å². The number of rotatable bonds is 6. The largest absolute Gasteiger partial charge is 0.489 e. The molecule has 0 amide bonds. The second-order valence-electron chi connectivity index (χ2n) is 7.27. The molecule has 3 nitrogen and oxygen atoms in total. The molecule has 150 valence electrons. The first-order valence-electron chi connectivity index (χ1n) is 9.72. The Labute approximate surface area is 180 Å². The third-order valence-electron chi connectivity index (χ3n) is 5.22. The van der Waals surface area contributed by atoms with Crippen LogP contribution in [0.25, 0.3) is 17.2 Å². The number of hydrogen-bond acceptors (Lipinski definition) is 2. The van der Waals surface area contributed by atoms with Gasteiger partial charge in [-0.2, -0.15) is 0 Å². The van der Waals surface area contributed by atoms with Gasteiger partial charge in [0, 0.05) is 5.02 Å². The number of benzene rings is 3. The van der Waals surface area contributed by atoms with Gasteiger partial charge in [0.25, 0.3) is 0 Å². The van der Waals surface area contributed by atoms with E-state index in [4.69, 9.17) is 16.3 Å². The molecule has 1 aliphatic carbocycles. The zero-order valence-corrected chi connectivity index (χ0v) is 17.3. The summed E-state index contributed by atoms with van der Waals surface area (Å²) in [6.07, 6.45) is 2.06. The SMILES string of the molecule is CC1=C(CC(=O)O)c2cc(Cl)ccc2/C1=C\c1ccc(OCc2ccccc2)cc1. The minimum Gasteiger partial charge on any atom is -0.489 e. The highest BCUT2D eigenvalue weighted by molar-refractivity contribution is 6.31. The number of halogens is 1. The van der Waals surface area contributed by atoms with Crippen molar-refractivity contribution in [2.75, 3.05) is 0 Å². The Bertz CT molecular complexity index is 1140. The topological polar surface area (TPSA) is 46.5 Å². The van der Waals surface area contributed by atoms with E-state index in [0.29, 0.717) is 11.6 Å². The maximum atomic E-state index is 11.4. The van der Waals surface area contributed by atoms with Crippen LogP contribution < -0.4 is 4.74 Å². The molecule has 1 N–H and O–H groups in total. The predicted molar refractivity (Wildman–Crippen MR) is 121 cm³/mol. The molecule has 0 aromatic heterocycles. The molecule has 3 aromatic rings. The molecule has 30 heavy (non-hydrogen) atoms. The van der Waals surface area contributed by atoms with Crippen LogP contribution in [0.3, 0.4) is 0 Å². The first kappa shape index (κ1) is 20.0. The number of allylic oxidation sites excluding steroid dienone is 2. The lowest BCUT2D eigenvalue weighted by molar-refractivity contribution is -0.135. The monoisotopic (exact) mass is 416 g/mol. The molecule has 3 aromatic carbocycles. The number of fused-ring (bicyclic) bond motifs is 1. The molecule has 0 spiro atoms. The summed E-state index contributed by atoms with van der Waals surface area (Å²) in [5.41, 5.74) is 6.86. The van der Waals surface area contributed by atoms with E-state index >= 15 is 0 Å². The Morgan fingerprint density at radius 2 is 1.73 bits per heavy atom. The van der Waals surface area contributed by atoms with E-state index in [2.05, 4.69) is 6.08 Å². The van der Waals surface area contributed by atoms with Crippen LogP contribution >= 0.6 is 11.6 Å². The molecule has 4 rings (SSSR count). The highest BCUT2D eigenvalue weighted by atomic mass is 35.5. The fourth-order valence-electron chi connectivity index (χ4n) is 3.70. The second kappa shape index (κ2) is 8.60. The summed E-state index contributed by atoms with van der Waals surface area (Å²) in [5, 5.41) is 9.93. The Balaban J connectivity index is 1.59. The second-order valence-corrected chi connectivity index (χ2v) is 7.70. The molecule has 1 aliphatic rings. The summed E-state index contributed by atoms with van der Waals surface area (Å²) in [7, 11) is 0. The molecule has 4 heteroatoms. The number of carboxylic acids is 1. The lowest BCUT2D eigenvalue weighted by atomic mass is 10.0. The van der Waals surface area contributed by atoms with Crippen molar-refractivity contribution in [2.45, 2.75) is 20.0 Å². The van der Waals surface area contributed by atoms with E-state index < -0.39 is 5.97 Å². The Morgan fingerprint density at radius 3 is 2.43 bits per heavy atom. The lowest BCUT2D eigenvalue weighted by Crippen LogP contribution is -1.96. The summed E-state index contributed by atoms with van der Waals surface area (Å²) >= 11 is 6.17. The van der Waals surface area contributed by atoms with Gasteiger partial charge in [-0.05, 0) is 76.2 Å². The van der Waals surface area contributed by atoms with Gasteiger partial charge in [-0.3, -0.25) is 4.79 Å². The third-order valence-corrected chi connectivity index (χ3v) is 5.46. The van der Waals surface area contributed by atoms with Crippen LogP contribution in [0.5, 0.6) is 5.75 Å². The predicted octanol–water partition coefficient (Wildman–Crippen LogP) is 6.72. The highest BCUT2D eigenvalue weighted by Gasteiger charge is 2.25. The smallest absolute Gasteiger partial charge is 0.307 e. The number of carbonyl (C=O) groups is 1. The van der Waals surface area contributed by atoms with E-state index in [1.165, 1.54) is 0 Å². The summed E-state index contributed by atoms with van der Waals surface area (Å²) in [6, 6.07) is 23.6. The van der Waals surface area contributed by atoms with Gasteiger partial charge in [-0.15, -0.1) is 0 Å². The molecular formula is C26H21ClO3. The van der Waals surface area contributed by atoms with Gasteiger partial charge in [-0.25, -0.2) is 0 Å². The van der Waals surface area contributed by atoms with Crippen molar-refractivity contribution in [2.24, 2.45) is 0 Å².